The summed E-state index contributed by atoms with van der Waals surface area (Å²) in [7, 11) is 2.01. The van der Waals surface area contributed by atoms with E-state index in [1.54, 1.807) is 27.2 Å². The van der Waals surface area contributed by atoms with Gasteiger partial charge in [-0.05, 0) is 25.1 Å². The van der Waals surface area contributed by atoms with Crippen molar-refractivity contribution < 1.29 is 14.2 Å². The smallest absolute Gasteiger partial charge is 0.228 e. The van der Waals surface area contributed by atoms with Crippen LogP contribution in [0, 0.1) is 6.92 Å². The predicted molar refractivity (Wildman–Crippen MR) is 118 cm³/mol. The Labute approximate surface area is 177 Å². The maximum Gasteiger partial charge on any atom is 0.228 e. The second-order valence-electron chi connectivity index (χ2n) is 8.03. The second kappa shape index (κ2) is 8.69. The summed E-state index contributed by atoms with van der Waals surface area (Å²) in [6.07, 6.45) is 1.96. The third kappa shape index (κ3) is 4.88. The molecule has 3 heterocycles. The molecule has 0 aliphatic heterocycles. The van der Waals surface area contributed by atoms with Gasteiger partial charge < -0.3 is 18.8 Å². The first-order valence-electron chi connectivity index (χ1n) is 9.43. The van der Waals surface area contributed by atoms with Crippen LogP contribution in [0.25, 0.3) is 22.2 Å². The first kappa shape index (κ1) is 21.5. The molecule has 0 radical (unpaired) electrons. The summed E-state index contributed by atoms with van der Waals surface area (Å²) in [5.74, 6) is 1.47. The molecule has 0 saturated heterocycles. The van der Waals surface area contributed by atoms with E-state index >= 15 is 0 Å². The predicted octanol–water partition coefficient (Wildman–Crippen LogP) is 4.78. The van der Waals surface area contributed by atoms with E-state index in [9.17, 15) is 0 Å². The van der Waals surface area contributed by atoms with Crippen molar-refractivity contribution in [3.8, 4) is 22.9 Å². The molecule has 0 saturated carbocycles. The van der Waals surface area contributed by atoms with E-state index in [1.165, 1.54) is 0 Å². The Bertz CT molecular complexity index is 992. The SMILES string of the molecule is COc1nc(C)nc(OC)c1-c1cn(COCC[Si](C)(C)C)c2nc(Cl)ccc12. The van der Waals surface area contributed by atoms with Gasteiger partial charge >= 0.3 is 0 Å². The monoisotopic (exact) mass is 434 g/mol. The lowest BCUT2D eigenvalue weighted by Crippen LogP contribution is -2.22. The molecule has 29 heavy (non-hydrogen) atoms. The van der Waals surface area contributed by atoms with Gasteiger partial charge in [-0.2, -0.15) is 9.97 Å². The van der Waals surface area contributed by atoms with Crippen LogP contribution in [0.5, 0.6) is 11.8 Å². The van der Waals surface area contributed by atoms with Crippen molar-refractivity contribution in [3.63, 3.8) is 0 Å². The number of halogens is 1. The normalized spacial score (nSPS) is 11.8. The molecule has 0 aliphatic carbocycles. The van der Waals surface area contributed by atoms with Crippen LogP contribution in [0.15, 0.2) is 18.3 Å². The molecule has 9 heteroatoms. The van der Waals surface area contributed by atoms with Crippen LogP contribution in [-0.4, -0.2) is 48.4 Å². The minimum absolute atomic E-state index is 0.381. The summed E-state index contributed by atoms with van der Waals surface area (Å²) < 4.78 is 18.9. The zero-order chi connectivity index (χ0) is 21.2. The fraction of sp³-hybridized carbons (Fsp3) is 0.450. The quantitative estimate of drug-likeness (QED) is 0.288. The maximum absolute atomic E-state index is 6.17. The molecular weight excluding hydrogens is 408 g/mol. The van der Waals surface area contributed by atoms with Crippen molar-refractivity contribution in [2.45, 2.75) is 39.3 Å². The summed E-state index contributed by atoms with van der Waals surface area (Å²) in [4.78, 5) is 13.3. The summed E-state index contributed by atoms with van der Waals surface area (Å²) >= 11 is 6.17. The standard InChI is InChI=1S/C20H27ClN4O3Si/c1-13-22-19(26-2)17(20(23-13)27-3)15-11-25(12-28-9-10-29(4,5)6)18-14(15)7-8-16(21)24-18/h7-8,11H,9-10,12H2,1-6H3. The van der Waals surface area contributed by atoms with Gasteiger partial charge in [0.2, 0.25) is 11.8 Å². The Balaban J connectivity index is 2.06. The molecule has 0 atom stereocenters. The van der Waals surface area contributed by atoms with Gasteiger partial charge in [0.1, 0.15) is 28.9 Å². The number of methoxy groups -OCH3 is 2. The Hall–Kier alpha value is -2.16. The van der Waals surface area contributed by atoms with E-state index in [4.69, 9.17) is 25.8 Å². The zero-order valence-electron chi connectivity index (χ0n) is 17.7. The summed E-state index contributed by atoms with van der Waals surface area (Å²) in [5, 5.41) is 1.32. The van der Waals surface area contributed by atoms with E-state index in [2.05, 4.69) is 34.6 Å². The molecular formula is C20H27ClN4O3Si. The Morgan fingerprint density at radius 1 is 1.03 bits per heavy atom. The molecule has 7 nitrogen and oxygen atoms in total. The number of aromatic nitrogens is 4. The van der Waals surface area contributed by atoms with Crippen molar-refractivity contribution in [1.82, 2.24) is 19.5 Å². The van der Waals surface area contributed by atoms with Gasteiger partial charge in [0.25, 0.3) is 0 Å². The van der Waals surface area contributed by atoms with Crippen LogP contribution < -0.4 is 9.47 Å². The number of hydrogen-bond donors (Lipinski definition) is 0. The Morgan fingerprint density at radius 2 is 1.69 bits per heavy atom. The molecule has 3 rings (SSSR count). The molecule has 0 fully saturated rings. The van der Waals surface area contributed by atoms with Crippen LogP contribution in [0.3, 0.4) is 0 Å². The molecule has 156 valence electrons. The maximum atomic E-state index is 6.17. The number of aryl methyl sites for hydroxylation is 1. The minimum atomic E-state index is -1.16. The molecule has 0 spiro atoms. The first-order valence-corrected chi connectivity index (χ1v) is 13.5. The highest BCUT2D eigenvalue weighted by Crippen LogP contribution is 2.40. The summed E-state index contributed by atoms with van der Waals surface area (Å²) in [6.45, 7) is 9.88. The van der Waals surface area contributed by atoms with Crippen LogP contribution in [-0.2, 0) is 11.5 Å². The molecule has 3 aromatic heterocycles. The van der Waals surface area contributed by atoms with Gasteiger partial charge in [0.05, 0.1) is 14.2 Å². The van der Waals surface area contributed by atoms with Gasteiger partial charge in [0, 0.05) is 31.8 Å². The van der Waals surface area contributed by atoms with Gasteiger partial charge in [-0.25, -0.2) is 4.98 Å². The topological polar surface area (TPSA) is 71.3 Å². The zero-order valence-corrected chi connectivity index (χ0v) is 19.5. The lowest BCUT2D eigenvalue weighted by molar-refractivity contribution is 0.0899. The van der Waals surface area contributed by atoms with Gasteiger partial charge in [0.15, 0.2) is 0 Å². The molecule has 0 bridgehead atoms. The third-order valence-electron chi connectivity index (χ3n) is 4.53. The molecule has 0 amide bonds. The number of hydrogen-bond acceptors (Lipinski definition) is 6. The first-order chi connectivity index (χ1) is 13.7. The lowest BCUT2D eigenvalue weighted by atomic mass is 10.1. The fourth-order valence-corrected chi connectivity index (χ4v) is 3.93. The van der Waals surface area contributed by atoms with E-state index in [0.717, 1.165) is 22.6 Å². The number of ether oxygens (including phenoxy) is 3. The van der Waals surface area contributed by atoms with Gasteiger partial charge in [-0.1, -0.05) is 31.2 Å². The summed E-state index contributed by atoms with van der Waals surface area (Å²) in [6, 6.07) is 4.79. The molecule has 0 aliphatic rings. The van der Waals surface area contributed by atoms with Crippen molar-refractivity contribution in [2.24, 2.45) is 0 Å². The third-order valence-corrected chi connectivity index (χ3v) is 6.44. The highest BCUT2D eigenvalue weighted by Gasteiger charge is 2.22. The molecule has 0 aromatic carbocycles. The second-order valence-corrected chi connectivity index (χ2v) is 14.0. The molecule has 0 unspecified atom stereocenters. The van der Waals surface area contributed by atoms with E-state index in [0.29, 0.717) is 41.6 Å². The van der Waals surface area contributed by atoms with Crippen LogP contribution >= 0.6 is 11.6 Å². The van der Waals surface area contributed by atoms with Crippen molar-refractivity contribution in [3.05, 3.63) is 29.3 Å². The largest absolute Gasteiger partial charge is 0.480 e. The average molecular weight is 435 g/mol. The number of fused-ring (bicyclic) bond motifs is 1. The van der Waals surface area contributed by atoms with Gasteiger partial charge in [-0.15, -0.1) is 0 Å². The van der Waals surface area contributed by atoms with Crippen molar-refractivity contribution in [1.29, 1.82) is 0 Å². The van der Waals surface area contributed by atoms with Crippen LogP contribution in [0.2, 0.25) is 30.8 Å². The number of nitrogens with zero attached hydrogens (tertiary/aromatic N) is 4. The Kier molecular flexibility index (Phi) is 6.45. The van der Waals surface area contributed by atoms with E-state index in [1.807, 2.05) is 16.8 Å². The highest BCUT2D eigenvalue weighted by molar-refractivity contribution is 6.76. The fourth-order valence-electron chi connectivity index (χ4n) is 3.03. The Morgan fingerprint density at radius 3 is 2.28 bits per heavy atom. The van der Waals surface area contributed by atoms with Crippen LogP contribution in [0.4, 0.5) is 0 Å². The summed E-state index contributed by atoms with van der Waals surface area (Å²) in [5.41, 5.74) is 2.26. The minimum Gasteiger partial charge on any atom is -0.480 e. The van der Waals surface area contributed by atoms with E-state index < -0.39 is 8.07 Å². The highest BCUT2D eigenvalue weighted by atomic mass is 35.5. The molecule has 3 aromatic rings. The number of rotatable bonds is 8. The number of pyridine rings is 1. The van der Waals surface area contributed by atoms with Crippen molar-refractivity contribution in [2.75, 3.05) is 20.8 Å². The van der Waals surface area contributed by atoms with Gasteiger partial charge in [-0.3, -0.25) is 0 Å². The lowest BCUT2D eigenvalue weighted by Gasteiger charge is -2.15. The van der Waals surface area contributed by atoms with Crippen LogP contribution in [0.1, 0.15) is 5.82 Å². The average Bonchev–Trinajstić information content (AvgIpc) is 3.01. The molecule has 0 N–H and O–H groups in total. The van der Waals surface area contributed by atoms with Crippen molar-refractivity contribution >= 4 is 30.7 Å². The van der Waals surface area contributed by atoms with E-state index in [-0.39, 0.29) is 0 Å².